The summed E-state index contributed by atoms with van der Waals surface area (Å²) in [6, 6.07) is 11.2. The number of benzene rings is 1. The summed E-state index contributed by atoms with van der Waals surface area (Å²) in [6.07, 6.45) is 9.60. The molecule has 0 atom stereocenters. The third-order valence-corrected chi connectivity index (χ3v) is 6.06. The summed E-state index contributed by atoms with van der Waals surface area (Å²) in [4.78, 5) is 4.81. The van der Waals surface area contributed by atoms with Crippen molar-refractivity contribution in [2.24, 2.45) is 12.0 Å². The van der Waals surface area contributed by atoms with E-state index in [0.717, 1.165) is 37.1 Å². The van der Waals surface area contributed by atoms with Crippen LogP contribution in [0.1, 0.15) is 50.2 Å². The second kappa shape index (κ2) is 11.5. The molecule has 2 N–H and O–H groups in total. The molecule has 1 saturated carbocycles. The van der Waals surface area contributed by atoms with Gasteiger partial charge < -0.3 is 19.8 Å². The number of aliphatic imine (C=N–C) groups is 1. The highest BCUT2D eigenvalue weighted by atomic mass is 127. The molecule has 8 heteroatoms. The average Bonchev–Trinajstić information content (AvgIpc) is 3.33. The summed E-state index contributed by atoms with van der Waals surface area (Å²) in [6.45, 7) is 4.36. The maximum absolute atomic E-state index is 4.81. The minimum Gasteiger partial charge on any atom is -0.356 e. The molecule has 0 amide bonds. The van der Waals surface area contributed by atoms with Gasteiger partial charge in [0.2, 0.25) is 0 Å². The second-order valence-electron chi connectivity index (χ2n) is 8.21. The minimum atomic E-state index is 0. The highest BCUT2D eigenvalue weighted by molar-refractivity contribution is 14.0. The van der Waals surface area contributed by atoms with Gasteiger partial charge in [-0.15, -0.1) is 34.2 Å². The van der Waals surface area contributed by atoms with Gasteiger partial charge in [-0.05, 0) is 43.7 Å². The smallest absolute Gasteiger partial charge is 0.191 e. The molecule has 4 rings (SSSR count). The highest BCUT2D eigenvalue weighted by Gasteiger charge is 2.15. The van der Waals surface area contributed by atoms with E-state index in [9.17, 15) is 0 Å². The maximum atomic E-state index is 4.81. The van der Waals surface area contributed by atoms with Gasteiger partial charge in [0.15, 0.2) is 11.8 Å². The number of nitrogens with zero attached hydrogens (tertiary/aromatic N) is 5. The van der Waals surface area contributed by atoms with Gasteiger partial charge in [-0.3, -0.25) is 0 Å². The van der Waals surface area contributed by atoms with E-state index >= 15 is 0 Å². The molecule has 1 fully saturated rings. The number of rotatable bonds is 7. The van der Waals surface area contributed by atoms with Crippen LogP contribution < -0.4 is 10.6 Å². The Bertz CT molecular complexity index is 985. The average molecular weight is 535 g/mol. The monoisotopic (exact) mass is 535 g/mol. The Morgan fingerprint density at radius 1 is 1.13 bits per heavy atom. The Labute approximate surface area is 201 Å². The molecule has 0 spiro atoms. The summed E-state index contributed by atoms with van der Waals surface area (Å²) in [5.41, 5.74) is 1.30. The van der Waals surface area contributed by atoms with Crippen molar-refractivity contribution in [1.82, 2.24) is 30.0 Å². The van der Waals surface area contributed by atoms with Gasteiger partial charge in [-0.2, -0.15) is 0 Å². The van der Waals surface area contributed by atoms with Crippen LogP contribution in [0.15, 0.2) is 41.5 Å². The molecule has 2 heterocycles. The fraction of sp³-hybridized carbons (Fsp3) is 0.522. The number of guanidine groups is 1. The van der Waals surface area contributed by atoms with E-state index in [1.807, 2.05) is 18.5 Å². The molecular weight excluding hydrogens is 501 g/mol. The third kappa shape index (κ3) is 6.21. The number of halogens is 1. The normalized spacial score (nSPS) is 15.1. The molecule has 3 aromatic rings. The first-order valence-corrected chi connectivity index (χ1v) is 11.1. The predicted molar refractivity (Wildman–Crippen MR) is 137 cm³/mol. The van der Waals surface area contributed by atoms with E-state index in [-0.39, 0.29) is 24.0 Å². The van der Waals surface area contributed by atoms with E-state index in [2.05, 4.69) is 61.9 Å². The first-order chi connectivity index (χ1) is 14.7. The summed E-state index contributed by atoms with van der Waals surface area (Å²) in [5, 5.41) is 16.9. The van der Waals surface area contributed by atoms with Crippen molar-refractivity contribution in [2.45, 2.75) is 64.6 Å². The first-order valence-electron chi connectivity index (χ1n) is 11.1. The fourth-order valence-electron chi connectivity index (χ4n) is 4.12. The molecule has 7 nitrogen and oxygen atoms in total. The lowest BCUT2D eigenvalue weighted by atomic mass is 9.96. The quantitative estimate of drug-likeness (QED) is 0.206. The lowest BCUT2D eigenvalue weighted by Crippen LogP contribution is -2.44. The predicted octanol–water partition coefficient (Wildman–Crippen LogP) is 4.15. The molecule has 0 bridgehead atoms. The zero-order chi connectivity index (χ0) is 20.8. The van der Waals surface area contributed by atoms with Crippen molar-refractivity contribution in [2.75, 3.05) is 6.54 Å². The Morgan fingerprint density at radius 2 is 1.94 bits per heavy atom. The van der Waals surface area contributed by atoms with Crippen molar-refractivity contribution in [3.8, 4) is 0 Å². The topological polar surface area (TPSA) is 72.1 Å². The Balaban J connectivity index is 0.00000272. The standard InChI is InChI=1S/C23H33N7.HI/c1-18-27-28-22(29(18)2)17-25-23(26-20-10-4-3-5-11-20)24-14-8-15-30-16-13-19-9-6-7-12-21(19)30;/h6-7,9,12-13,16,20H,3-5,8,10-11,14-15,17H2,1-2H3,(H2,24,25,26);1H. The van der Waals surface area contributed by atoms with E-state index in [1.165, 1.54) is 43.0 Å². The first kappa shape index (κ1) is 23.6. The van der Waals surface area contributed by atoms with Crippen LogP contribution in [0.3, 0.4) is 0 Å². The SMILES string of the molecule is Cc1nnc(CN=C(NCCCn2ccc3ccccc32)NC2CCCCC2)n1C.I. The van der Waals surface area contributed by atoms with Crippen LogP contribution in [0, 0.1) is 6.92 Å². The van der Waals surface area contributed by atoms with Crippen molar-refractivity contribution < 1.29 is 0 Å². The van der Waals surface area contributed by atoms with Gasteiger partial charge in [0.1, 0.15) is 12.4 Å². The van der Waals surface area contributed by atoms with Crippen LogP contribution in [0.2, 0.25) is 0 Å². The van der Waals surface area contributed by atoms with Gasteiger partial charge in [-0.25, -0.2) is 4.99 Å². The van der Waals surface area contributed by atoms with Crippen molar-refractivity contribution in [3.05, 3.63) is 48.2 Å². The van der Waals surface area contributed by atoms with Crippen molar-refractivity contribution in [1.29, 1.82) is 0 Å². The lowest BCUT2D eigenvalue weighted by molar-refractivity contribution is 0.409. The summed E-state index contributed by atoms with van der Waals surface area (Å²) >= 11 is 0. The molecule has 0 radical (unpaired) electrons. The molecule has 1 aliphatic rings. The minimum absolute atomic E-state index is 0. The summed E-state index contributed by atoms with van der Waals surface area (Å²) in [5.74, 6) is 2.69. The van der Waals surface area contributed by atoms with Crippen LogP contribution in [0.25, 0.3) is 10.9 Å². The second-order valence-corrected chi connectivity index (χ2v) is 8.21. The van der Waals surface area contributed by atoms with Crippen molar-refractivity contribution in [3.63, 3.8) is 0 Å². The van der Waals surface area contributed by atoms with Crippen LogP contribution in [0.5, 0.6) is 0 Å². The zero-order valence-electron chi connectivity index (χ0n) is 18.5. The van der Waals surface area contributed by atoms with E-state index in [1.54, 1.807) is 0 Å². The Hall–Kier alpha value is -2.10. The summed E-state index contributed by atoms with van der Waals surface area (Å²) in [7, 11) is 1.99. The molecule has 1 aliphatic carbocycles. The third-order valence-electron chi connectivity index (χ3n) is 6.06. The zero-order valence-corrected chi connectivity index (χ0v) is 20.9. The van der Waals surface area contributed by atoms with Gasteiger partial charge in [0, 0.05) is 37.9 Å². The molecule has 0 saturated heterocycles. The summed E-state index contributed by atoms with van der Waals surface area (Å²) < 4.78 is 4.32. The molecule has 168 valence electrons. The van der Waals surface area contributed by atoms with Crippen LogP contribution in [-0.2, 0) is 20.1 Å². The van der Waals surface area contributed by atoms with Gasteiger partial charge in [0.25, 0.3) is 0 Å². The molecular formula is C23H34IN7. The number of hydrogen-bond donors (Lipinski definition) is 2. The number of hydrogen-bond acceptors (Lipinski definition) is 3. The van der Waals surface area contributed by atoms with Crippen LogP contribution in [-0.4, -0.2) is 37.9 Å². The number of aromatic nitrogens is 4. The molecule has 2 aromatic heterocycles. The largest absolute Gasteiger partial charge is 0.356 e. The Kier molecular flexibility index (Phi) is 8.74. The molecule has 0 aliphatic heterocycles. The molecule has 0 unspecified atom stereocenters. The number of fused-ring (bicyclic) bond motifs is 1. The van der Waals surface area contributed by atoms with E-state index in [0.29, 0.717) is 12.6 Å². The fourth-order valence-corrected chi connectivity index (χ4v) is 4.12. The Morgan fingerprint density at radius 3 is 2.71 bits per heavy atom. The van der Waals surface area contributed by atoms with Crippen LogP contribution in [0.4, 0.5) is 0 Å². The van der Waals surface area contributed by atoms with E-state index in [4.69, 9.17) is 4.99 Å². The van der Waals surface area contributed by atoms with Crippen molar-refractivity contribution >= 4 is 40.8 Å². The molecule has 31 heavy (non-hydrogen) atoms. The van der Waals surface area contributed by atoms with Crippen LogP contribution >= 0.6 is 24.0 Å². The maximum Gasteiger partial charge on any atom is 0.191 e. The molecule has 1 aromatic carbocycles. The number of para-hydroxylation sites is 1. The highest BCUT2D eigenvalue weighted by Crippen LogP contribution is 2.17. The van der Waals surface area contributed by atoms with Gasteiger partial charge in [0.05, 0.1) is 0 Å². The van der Waals surface area contributed by atoms with Gasteiger partial charge >= 0.3 is 0 Å². The number of aryl methyl sites for hydroxylation is 2. The number of nitrogens with one attached hydrogen (secondary N) is 2. The van der Waals surface area contributed by atoms with Gasteiger partial charge in [-0.1, -0.05) is 37.5 Å². The van der Waals surface area contributed by atoms with E-state index < -0.39 is 0 Å². The lowest BCUT2D eigenvalue weighted by Gasteiger charge is -2.25.